The van der Waals surface area contributed by atoms with Crippen LogP contribution in [-0.2, 0) is 11.0 Å². The first-order chi connectivity index (χ1) is 16.0. The number of benzene rings is 2. The van der Waals surface area contributed by atoms with E-state index in [-0.39, 0.29) is 32.7 Å². The molecule has 1 aliphatic rings. The van der Waals surface area contributed by atoms with Crippen LogP contribution in [0.2, 0.25) is 5.02 Å². The van der Waals surface area contributed by atoms with Gasteiger partial charge in [0, 0.05) is 11.3 Å². The SMILES string of the molecule is Cc1ccc(N2C(S)=C(C#N)C(=O)NC2c2ccc(-c3cc(C(F)(F)F)ccc3Cl)o2)cc1C. The maximum Gasteiger partial charge on any atom is 0.416 e. The van der Waals surface area contributed by atoms with E-state index in [1.165, 1.54) is 12.1 Å². The lowest BCUT2D eigenvalue weighted by molar-refractivity contribution is -0.137. The Balaban J connectivity index is 1.81. The van der Waals surface area contributed by atoms with E-state index in [0.29, 0.717) is 5.69 Å². The number of nitriles is 1. The summed E-state index contributed by atoms with van der Waals surface area (Å²) in [5.74, 6) is -0.331. The van der Waals surface area contributed by atoms with E-state index < -0.39 is 23.8 Å². The molecule has 1 unspecified atom stereocenters. The van der Waals surface area contributed by atoms with Crippen molar-refractivity contribution in [1.82, 2.24) is 5.32 Å². The highest BCUT2D eigenvalue weighted by Crippen LogP contribution is 2.40. The van der Waals surface area contributed by atoms with Crippen LogP contribution in [0.25, 0.3) is 11.3 Å². The number of rotatable bonds is 3. The summed E-state index contributed by atoms with van der Waals surface area (Å²) < 4.78 is 45.5. The molecule has 4 rings (SSSR count). The molecule has 0 radical (unpaired) electrons. The van der Waals surface area contributed by atoms with Crippen LogP contribution < -0.4 is 10.2 Å². The van der Waals surface area contributed by atoms with Crippen molar-refractivity contribution in [2.24, 2.45) is 0 Å². The lowest BCUT2D eigenvalue weighted by Crippen LogP contribution is -2.45. The molecule has 0 bridgehead atoms. The number of halogens is 4. The molecule has 1 aromatic heterocycles. The highest BCUT2D eigenvalue weighted by atomic mass is 35.5. The molecule has 1 atom stereocenters. The van der Waals surface area contributed by atoms with Crippen LogP contribution in [0.1, 0.15) is 28.6 Å². The highest BCUT2D eigenvalue weighted by Gasteiger charge is 2.36. The van der Waals surface area contributed by atoms with Crippen LogP contribution in [0.4, 0.5) is 18.9 Å². The van der Waals surface area contributed by atoms with Crippen molar-refractivity contribution in [3.8, 4) is 17.4 Å². The van der Waals surface area contributed by atoms with Gasteiger partial charge in [-0.3, -0.25) is 4.79 Å². The van der Waals surface area contributed by atoms with Gasteiger partial charge in [-0.25, -0.2) is 0 Å². The Bertz CT molecular complexity index is 1370. The number of nitrogens with one attached hydrogen (secondary N) is 1. The maximum absolute atomic E-state index is 13.2. The van der Waals surface area contributed by atoms with E-state index in [1.54, 1.807) is 4.90 Å². The molecule has 10 heteroatoms. The molecule has 2 heterocycles. The van der Waals surface area contributed by atoms with Gasteiger partial charge in [-0.05, 0) is 67.4 Å². The monoisotopic (exact) mass is 503 g/mol. The van der Waals surface area contributed by atoms with Crippen LogP contribution in [0.5, 0.6) is 0 Å². The Morgan fingerprint density at radius 1 is 1.12 bits per heavy atom. The predicted octanol–water partition coefficient (Wildman–Crippen LogP) is 6.54. The molecule has 0 aliphatic carbocycles. The number of amides is 1. The summed E-state index contributed by atoms with van der Waals surface area (Å²) in [5.41, 5.74) is 1.68. The third-order valence-corrected chi connectivity index (χ3v) is 6.31. The largest absolute Gasteiger partial charge is 0.457 e. The smallest absolute Gasteiger partial charge is 0.416 e. The number of alkyl halides is 3. The number of carbonyl (C=O) groups is 1. The van der Waals surface area contributed by atoms with Crippen LogP contribution >= 0.6 is 24.2 Å². The minimum atomic E-state index is -4.55. The van der Waals surface area contributed by atoms with E-state index >= 15 is 0 Å². The number of hydrogen-bond donors (Lipinski definition) is 2. The van der Waals surface area contributed by atoms with Crippen molar-refractivity contribution in [2.45, 2.75) is 26.2 Å². The summed E-state index contributed by atoms with van der Waals surface area (Å²) in [6, 6.07) is 13.4. The molecule has 1 aliphatic heterocycles. The molecular weight excluding hydrogens is 487 g/mol. The van der Waals surface area contributed by atoms with Gasteiger partial charge in [0.05, 0.1) is 15.6 Å². The van der Waals surface area contributed by atoms with Gasteiger partial charge in [0.25, 0.3) is 5.91 Å². The Kier molecular flexibility index (Phi) is 6.14. The molecule has 2 aromatic carbocycles. The lowest BCUT2D eigenvalue weighted by atomic mass is 10.1. The van der Waals surface area contributed by atoms with E-state index in [2.05, 4.69) is 17.9 Å². The predicted molar refractivity (Wildman–Crippen MR) is 125 cm³/mol. The number of nitrogens with zero attached hydrogens (tertiary/aromatic N) is 2. The van der Waals surface area contributed by atoms with Crippen molar-refractivity contribution >= 4 is 35.8 Å². The highest BCUT2D eigenvalue weighted by molar-refractivity contribution is 7.84. The van der Waals surface area contributed by atoms with E-state index in [1.807, 2.05) is 38.1 Å². The molecule has 1 N–H and O–H groups in total. The number of anilines is 1. The van der Waals surface area contributed by atoms with Crippen molar-refractivity contribution < 1.29 is 22.4 Å². The third-order valence-electron chi connectivity index (χ3n) is 5.54. The number of furan rings is 1. The van der Waals surface area contributed by atoms with Crippen molar-refractivity contribution in [2.75, 3.05) is 4.90 Å². The fourth-order valence-electron chi connectivity index (χ4n) is 3.59. The standard InChI is InChI=1S/C24H17ClF3N3O2S/c1-12-3-5-15(9-13(12)2)31-21(30-22(32)17(11-29)23(31)34)20-8-7-19(33-20)16-10-14(24(26,27)28)4-6-18(16)25/h3-10,21,34H,1-2H3,(H,30,32). The summed E-state index contributed by atoms with van der Waals surface area (Å²) in [6.07, 6.45) is -5.46. The first-order valence-electron chi connectivity index (χ1n) is 9.99. The Labute approximate surface area is 203 Å². The van der Waals surface area contributed by atoms with Gasteiger partial charge >= 0.3 is 6.18 Å². The van der Waals surface area contributed by atoms with Gasteiger partial charge in [0.1, 0.15) is 23.2 Å². The third kappa shape index (κ3) is 4.27. The van der Waals surface area contributed by atoms with Gasteiger partial charge in [0.15, 0.2) is 6.17 Å². The lowest BCUT2D eigenvalue weighted by Gasteiger charge is -2.36. The van der Waals surface area contributed by atoms with E-state index in [0.717, 1.165) is 29.3 Å². The average molecular weight is 504 g/mol. The number of carbonyl (C=O) groups excluding carboxylic acids is 1. The van der Waals surface area contributed by atoms with Gasteiger partial charge in [-0.15, -0.1) is 12.6 Å². The number of aryl methyl sites for hydroxylation is 2. The molecule has 5 nitrogen and oxygen atoms in total. The van der Waals surface area contributed by atoms with Crippen molar-refractivity contribution in [1.29, 1.82) is 5.26 Å². The summed E-state index contributed by atoms with van der Waals surface area (Å²) in [7, 11) is 0. The summed E-state index contributed by atoms with van der Waals surface area (Å²) >= 11 is 10.6. The second-order valence-electron chi connectivity index (χ2n) is 7.72. The minimum Gasteiger partial charge on any atom is -0.457 e. The molecule has 174 valence electrons. The van der Waals surface area contributed by atoms with E-state index in [4.69, 9.17) is 16.0 Å². The molecule has 34 heavy (non-hydrogen) atoms. The Morgan fingerprint density at radius 3 is 2.50 bits per heavy atom. The fourth-order valence-corrected chi connectivity index (χ4v) is 4.18. The maximum atomic E-state index is 13.2. The fraction of sp³-hybridized carbons (Fsp3) is 0.167. The second-order valence-corrected chi connectivity index (χ2v) is 8.55. The molecule has 0 saturated heterocycles. The van der Waals surface area contributed by atoms with Gasteiger partial charge in [0.2, 0.25) is 0 Å². The van der Waals surface area contributed by atoms with Crippen LogP contribution in [0.3, 0.4) is 0 Å². The first-order valence-corrected chi connectivity index (χ1v) is 10.8. The van der Waals surface area contributed by atoms with Gasteiger partial charge in [-0.1, -0.05) is 17.7 Å². The first kappa shape index (κ1) is 23.8. The Hall–Kier alpha value is -3.35. The zero-order valence-electron chi connectivity index (χ0n) is 17.9. The minimum absolute atomic E-state index is 0.0574. The summed E-state index contributed by atoms with van der Waals surface area (Å²) in [5, 5.41) is 12.4. The summed E-state index contributed by atoms with van der Waals surface area (Å²) in [6.45, 7) is 3.87. The number of thiol groups is 1. The van der Waals surface area contributed by atoms with Crippen LogP contribution in [0.15, 0.2) is 63.6 Å². The average Bonchev–Trinajstić information content (AvgIpc) is 3.25. The second kappa shape index (κ2) is 8.78. The van der Waals surface area contributed by atoms with Crippen LogP contribution in [-0.4, -0.2) is 5.91 Å². The molecule has 0 saturated carbocycles. The number of hydrogen-bond acceptors (Lipinski definition) is 5. The topological polar surface area (TPSA) is 69.3 Å². The van der Waals surface area contributed by atoms with Gasteiger partial charge < -0.3 is 14.6 Å². The van der Waals surface area contributed by atoms with Crippen molar-refractivity contribution in [3.63, 3.8) is 0 Å². The Morgan fingerprint density at radius 2 is 1.85 bits per heavy atom. The molecule has 1 amide bonds. The van der Waals surface area contributed by atoms with Gasteiger partial charge in [-0.2, -0.15) is 18.4 Å². The molecule has 0 spiro atoms. The zero-order chi connectivity index (χ0) is 24.8. The van der Waals surface area contributed by atoms with Crippen molar-refractivity contribution in [3.05, 3.63) is 86.6 Å². The van der Waals surface area contributed by atoms with Crippen LogP contribution in [0, 0.1) is 25.2 Å². The quantitative estimate of drug-likeness (QED) is 0.398. The molecular formula is C24H17ClF3N3O2S. The normalized spacial score (nSPS) is 16.5. The molecule has 0 fully saturated rings. The zero-order valence-corrected chi connectivity index (χ0v) is 19.5. The molecule has 3 aromatic rings. The summed E-state index contributed by atoms with van der Waals surface area (Å²) in [4.78, 5) is 14.2. The van der Waals surface area contributed by atoms with E-state index in [9.17, 15) is 23.2 Å².